The van der Waals surface area contributed by atoms with E-state index in [4.69, 9.17) is 10.5 Å². The molecular weight excluding hydrogens is 345 g/mol. The van der Waals surface area contributed by atoms with Crippen molar-refractivity contribution in [3.05, 3.63) is 15.6 Å². The van der Waals surface area contributed by atoms with Crippen LogP contribution in [0.3, 0.4) is 0 Å². The van der Waals surface area contributed by atoms with Crippen molar-refractivity contribution in [2.75, 3.05) is 13.6 Å². The van der Waals surface area contributed by atoms with E-state index < -0.39 is 0 Å². The summed E-state index contributed by atoms with van der Waals surface area (Å²) in [6, 6.07) is 0.0224. The van der Waals surface area contributed by atoms with Gasteiger partial charge in [-0.3, -0.25) is 4.79 Å². The van der Waals surface area contributed by atoms with Crippen LogP contribution in [0.5, 0.6) is 0 Å². The molecule has 1 saturated heterocycles. The van der Waals surface area contributed by atoms with Crippen LogP contribution in [0.25, 0.3) is 0 Å². The van der Waals surface area contributed by atoms with E-state index in [2.05, 4.69) is 4.98 Å². The zero-order valence-corrected chi connectivity index (χ0v) is 15.8. The highest BCUT2D eigenvalue weighted by molar-refractivity contribution is 7.11. The average Bonchev–Trinajstić information content (AvgIpc) is 3.02. The zero-order valence-electron chi connectivity index (χ0n) is 13.4. The molecule has 0 aromatic carbocycles. The highest BCUT2D eigenvalue weighted by atomic mass is 35.5. The standard InChI is InChI=1S/C14H23N3O2S.2ClH/c1-8-13(20-10(3)16-8)9(2)17(4)14(18)12-6-5-11(7-15)19-12;;/h9,11-12H,5-7,15H2,1-4H3;2*1H/t9?,11-,12+;;/m1../s1. The molecule has 0 spiro atoms. The van der Waals surface area contributed by atoms with Crippen molar-refractivity contribution in [3.8, 4) is 0 Å². The molecule has 1 aliphatic heterocycles. The van der Waals surface area contributed by atoms with Crippen molar-refractivity contribution in [3.63, 3.8) is 0 Å². The first-order valence-electron chi connectivity index (χ1n) is 7.00. The molecule has 5 nitrogen and oxygen atoms in total. The fourth-order valence-corrected chi connectivity index (χ4v) is 3.61. The Hall–Kier alpha value is -0.400. The first-order valence-corrected chi connectivity index (χ1v) is 7.81. The lowest BCUT2D eigenvalue weighted by molar-refractivity contribution is -0.143. The zero-order chi connectivity index (χ0) is 14.9. The quantitative estimate of drug-likeness (QED) is 0.885. The van der Waals surface area contributed by atoms with Crippen LogP contribution in [0.2, 0.25) is 0 Å². The minimum atomic E-state index is -0.342. The molecule has 3 atom stereocenters. The summed E-state index contributed by atoms with van der Waals surface area (Å²) in [4.78, 5) is 19.8. The van der Waals surface area contributed by atoms with Gasteiger partial charge in [0, 0.05) is 18.5 Å². The molecule has 2 heterocycles. The van der Waals surface area contributed by atoms with Gasteiger partial charge in [-0.15, -0.1) is 36.2 Å². The minimum absolute atomic E-state index is 0. The Labute approximate surface area is 148 Å². The molecule has 22 heavy (non-hydrogen) atoms. The topological polar surface area (TPSA) is 68.5 Å². The summed E-state index contributed by atoms with van der Waals surface area (Å²) < 4.78 is 5.69. The summed E-state index contributed by atoms with van der Waals surface area (Å²) in [5.74, 6) is 0.0407. The number of thiazole rings is 1. The van der Waals surface area contributed by atoms with Gasteiger partial charge in [0.25, 0.3) is 5.91 Å². The molecule has 1 aromatic heterocycles. The van der Waals surface area contributed by atoms with Crippen molar-refractivity contribution < 1.29 is 9.53 Å². The van der Waals surface area contributed by atoms with Gasteiger partial charge < -0.3 is 15.4 Å². The van der Waals surface area contributed by atoms with Crippen molar-refractivity contribution in [1.29, 1.82) is 0 Å². The molecule has 0 saturated carbocycles. The van der Waals surface area contributed by atoms with Gasteiger partial charge in [0.1, 0.15) is 6.10 Å². The molecular formula is C14H25Cl2N3O2S. The number of aryl methyl sites for hydroxylation is 2. The maximum absolute atomic E-state index is 12.5. The molecule has 1 amide bonds. The van der Waals surface area contributed by atoms with Crippen LogP contribution >= 0.6 is 36.2 Å². The van der Waals surface area contributed by atoms with Gasteiger partial charge in [-0.1, -0.05) is 0 Å². The summed E-state index contributed by atoms with van der Waals surface area (Å²) in [5.41, 5.74) is 6.60. The number of carbonyl (C=O) groups is 1. The maximum Gasteiger partial charge on any atom is 0.251 e. The van der Waals surface area contributed by atoms with E-state index in [0.29, 0.717) is 6.54 Å². The highest BCUT2D eigenvalue weighted by Gasteiger charge is 2.34. The summed E-state index contributed by atoms with van der Waals surface area (Å²) in [6.07, 6.45) is 1.32. The Morgan fingerprint density at radius 1 is 1.45 bits per heavy atom. The predicted molar refractivity (Wildman–Crippen MR) is 94.2 cm³/mol. The fourth-order valence-electron chi connectivity index (χ4n) is 2.59. The van der Waals surface area contributed by atoms with Crippen molar-refractivity contribution in [1.82, 2.24) is 9.88 Å². The first-order chi connectivity index (χ1) is 9.43. The molecule has 0 bridgehead atoms. The Balaban J connectivity index is 0.00000220. The van der Waals surface area contributed by atoms with E-state index in [9.17, 15) is 4.79 Å². The number of amides is 1. The van der Waals surface area contributed by atoms with Crippen molar-refractivity contribution in [2.45, 2.75) is 51.9 Å². The second kappa shape index (κ2) is 9.03. The molecule has 2 N–H and O–H groups in total. The normalized spacial score (nSPS) is 21.7. The fraction of sp³-hybridized carbons (Fsp3) is 0.714. The molecule has 1 unspecified atom stereocenters. The van der Waals surface area contributed by atoms with E-state index >= 15 is 0 Å². The number of hydrogen-bond acceptors (Lipinski definition) is 5. The Morgan fingerprint density at radius 2 is 2.09 bits per heavy atom. The number of nitrogens with two attached hydrogens (primary N) is 1. The summed E-state index contributed by atoms with van der Waals surface area (Å²) in [6.45, 7) is 6.50. The van der Waals surface area contributed by atoms with E-state index in [1.54, 1.807) is 16.2 Å². The molecule has 1 fully saturated rings. The summed E-state index contributed by atoms with van der Waals surface area (Å²) >= 11 is 1.65. The average molecular weight is 370 g/mol. The monoisotopic (exact) mass is 369 g/mol. The summed E-state index contributed by atoms with van der Waals surface area (Å²) in [7, 11) is 1.83. The van der Waals surface area contributed by atoms with E-state index in [1.807, 2.05) is 27.8 Å². The van der Waals surface area contributed by atoms with Gasteiger partial charge in [0.2, 0.25) is 0 Å². The second-order valence-corrected chi connectivity index (χ2v) is 6.60. The van der Waals surface area contributed by atoms with Gasteiger partial charge in [0.05, 0.1) is 22.8 Å². The van der Waals surface area contributed by atoms with E-state index in [-0.39, 0.29) is 49.0 Å². The van der Waals surface area contributed by atoms with E-state index in [0.717, 1.165) is 28.4 Å². The van der Waals surface area contributed by atoms with Gasteiger partial charge in [0.15, 0.2) is 0 Å². The number of ether oxygens (including phenoxy) is 1. The molecule has 0 aliphatic carbocycles. The number of nitrogens with zero attached hydrogens (tertiary/aromatic N) is 2. The lowest BCUT2D eigenvalue weighted by Crippen LogP contribution is -2.38. The maximum atomic E-state index is 12.5. The number of hydrogen-bond donors (Lipinski definition) is 1. The molecule has 0 radical (unpaired) electrons. The predicted octanol–water partition coefficient (Wildman–Crippen LogP) is 2.63. The number of halogens is 2. The van der Waals surface area contributed by atoms with Gasteiger partial charge in [-0.25, -0.2) is 4.98 Å². The minimum Gasteiger partial charge on any atom is -0.364 e. The molecule has 1 aromatic rings. The van der Waals surface area contributed by atoms with Crippen molar-refractivity contribution in [2.24, 2.45) is 5.73 Å². The smallest absolute Gasteiger partial charge is 0.251 e. The van der Waals surface area contributed by atoms with Crippen LogP contribution in [0, 0.1) is 13.8 Å². The van der Waals surface area contributed by atoms with Crippen LogP contribution in [0.15, 0.2) is 0 Å². The second-order valence-electron chi connectivity index (χ2n) is 5.37. The van der Waals surface area contributed by atoms with Crippen LogP contribution in [-0.2, 0) is 9.53 Å². The summed E-state index contributed by atoms with van der Waals surface area (Å²) in [5, 5.41) is 1.03. The number of rotatable bonds is 4. The lowest BCUT2D eigenvalue weighted by Gasteiger charge is -2.27. The molecule has 128 valence electrons. The molecule has 1 aliphatic rings. The largest absolute Gasteiger partial charge is 0.364 e. The first kappa shape index (κ1) is 21.6. The highest BCUT2D eigenvalue weighted by Crippen LogP contribution is 2.30. The Morgan fingerprint density at radius 3 is 2.55 bits per heavy atom. The van der Waals surface area contributed by atoms with Crippen LogP contribution in [-0.4, -0.2) is 41.6 Å². The van der Waals surface area contributed by atoms with E-state index in [1.165, 1.54) is 0 Å². The third-order valence-electron chi connectivity index (χ3n) is 3.89. The van der Waals surface area contributed by atoms with Crippen LogP contribution < -0.4 is 5.73 Å². The number of likely N-dealkylation sites (N-methyl/N-ethyl adjacent to an activating group) is 1. The molecule has 8 heteroatoms. The van der Waals surface area contributed by atoms with Gasteiger partial charge in [-0.2, -0.15) is 0 Å². The third kappa shape index (κ3) is 4.55. The van der Waals surface area contributed by atoms with Crippen molar-refractivity contribution >= 4 is 42.1 Å². The number of carbonyl (C=O) groups excluding carboxylic acids is 1. The van der Waals surface area contributed by atoms with Crippen LogP contribution in [0.1, 0.15) is 41.4 Å². The Kier molecular flexibility index (Phi) is 8.87. The lowest BCUT2D eigenvalue weighted by atomic mass is 10.1. The third-order valence-corrected chi connectivity index (χ3v) is 5.14. The van der Waals surface area contributed by atoms with Gasteiger partial charge in [-0.05, 0) is 33.6 Å². The van der Waals surface area contributed by atoms with Gasteiger partial charge >= 0.3 is 0 Å². The SMILES string of the molecule is Cc1nc(C)c(C(C)N(C)C(=O)[C@@H]2CC[C@H](CN)O2)s1.Cl.Cl. The molecule has 2 rings (SSSR count). The van der Waals surface area contributed by atoms with Crippen LogP contribution in [0.4, 0.5) is 0 Å². The Bertz CT molecular complexity index is 498. The number of aromatic nitrogens is 1.